The number of ketones is 1. The topological polar surface area (TPSA) is 57.6 Å². The lowest BCUT2D eigenvalue weighted by Crippen LogP contribution is -2.31. The van der Waals surface area contributed by atoms with Crippen molar-refractivity contribution in [1.82, 2.24) is 4.81 Å². The second-order valence-corrected chi connectivity index (χ2v) is 2.27. The van der Waals surface area contributed by atoms with Gasteiger partial charge in [0, 0.05) is 6.54 Å². The van der Waals surface area contributed by atoms with Crippen molar-refractivity contribution in [1.29, 1.82) is 0 Å². The minimum Gasteiger partial charge on any atom is -0.480 e. The van der Waals surface area contributed by atoms with Gasteiger partial charge in [0.1, 0.15) is 5.78 Å². The van der Waals surface area contributed by atoms with E-state index in [9.17, 15) is 9.59 Å². The average molecular weight is 143 g/mol. The van der Waals surface area contributed by atoms with Crippen LogP contribution in [-0.2, 0) is 9.59 Å². The molecule has 0 rings (SSSR count). The lowest BCUT2D eigenvalue weighted by Gasteiger charge is -2.10. The first kappa shape index (κ1) is 9.16. The van der Waals surface area contributed by atoms with E-state index in [1.54, 1.807) is 7.98 Å². The van der Waals surface area contributed by atoms with Crippen LogP contribution in [0.25, 0.3) is 0 Å². The SMILES string of the molecule is BN(CC(C)=O)CC(=O)O. The lowest BCUT2D eigenvalue weighted by molar-refractivity contribution is -0.137. The zero-order valence-corrected chi connectivity index (χ0v) is 6.13. The second-order valence-electron chi connectivity index (χ2n) is 2.27. The maximum atomic E-state index is 10.4. The molecule has 1 N–H and O–H groups in total. The fraction of sp³-hybridized carbons (Fsp3) is 0.600. The Balaban J connectivity index is 3.53. The molecule has 0 aliphatic heterocycles. The molecule has 10 heavy (non-hydrogen) atoms. The molecule has 0 bridgehead atoms. The number of Topliss-reactive ketones (excluding diaryl/α,β-unsaturated/α-hetero) is 1. The highest BCUT2D eigenvalue weighted by Gasteiger charge is 2.04. The Hall–Kier alpha value is -0.835. The van der Waals surface area contributed by atoms with Crippen LogP contribution in [0.3, 0.4) is 0 Å². The van der Waals surface area contributed by atoms with Crippen molar-refractivity contribution < 1.29 is 14.7 Å². The molecular formula is C5H10BNO3. The second kappa shape index (κ2) is 4.06. The van der Waals surface area contributed by atoms with Crippen molar-refractivity contribution in [2.75, 3.05) is 13.1 Å². The van der Waals surface area contributed by atoms with Gasteiger partial charge in [-0.2, -0.15) is 0 Å². The third kappa shape index (κ3) is 5.30. The smallest absolute Gasteiger partial charge is 0.316 e. The van der Waals surface area contributed by atoms with E-state index in [1.165, 1.54) is 11.7 Å². The summed E-state index contributed by atoms with van der Waals surface area (Å²) in [6.45, 7) is 1.55. The Labute approximate surface area is 60.3 Å². The van der Waals surface area contributed by atoms with Gasteiger partial charge in [-0.1, -0.05) is 0 Å². The molecule has 0 unspecified atom stereocenters. The van der Waals surface area contributed by atoms with Gasteiger partial charge in [0.15, 0.2) is 7.98 Å². The highest BCUT2D eigenvalue weighted by atomic mass is 16.4. The van der Waals surface area contributed by atoms with Gasteiger partial charge in [0.25, 0.3) is 0 Å². The van der Waals surface area contributed by atoms with E-state index in [0.29, 0.717) is 0 Å². The minimum atomic E-state index is -0.913. The molecule has 0 aliphatic carbocycles. The first-order valence-corrected chi connectivity index (χ1v) is 2.92. The van der Waals surface area contributed by atoms with E-state index in [2.05, 4.69) is 0 Å². The van der Waals surface area contributed by atoms with Crippen molar-refractivity contribution in [2.24, 2.45) is 0 Å². The summed E-state index contributed by atoms with van der Waals surface area (Å²) in [5, 5.41) is 8.24. The largest absolute Gasteiger partial charge is 0.480 e. The lowest BCUT2D eigenvalue weighted by atomic mass is 10.2. The summed E-state index contributed by atoms with van der Waals surface area (Å²) >= 11 is 0. The highest BCUT2D eigenvalue weighted by Crippen LogP contribution is 1.80. The number of hydrogen-bond donors (Lipinski definition) is 1. The predicted molar refractivity (Wildman–Crippen MR) is 38.4 cm³/mol. The van der Waals surface area contributed by atoms with Crippen molar-refractivity contribution in [3.8, 4) is 0 Å². The number of aliphatic carboxylic acids is 1. The standard InChI is InChI=1S/C5H10BNO3/c1-4(8)2-7(6)3-5(9)10/h2-3,6H2,1H3,(H,9,10). The fourth-order valence-electron chi connectivity index (χ4n) is 0.667. The molecule has 0 spiro atoms. The van der Waals surface area contributed by atoms with Crippen molar-refractivity contribution in [3.05, 3.63) is 0 Å². The minimum absolute atomic E-state index is 0.0243. The zero-order valence-electron chi connectivity index (χ0n) is 6.13. The van der Waals surface area contributed by atoms with E-state index >= 15 is 0 Å². The molecule has 56 valence electrons. The Morgan fingerprint density at radius 1 is 1.50 bits per heavy atom. The van der Waals surface area contributed by atoms with Crippen LogP contribution in [0.2, 0.25) is 0 Å². The van der Waals surface area contributed by atoms with Crippen molar-refractivity contribution in [2.45, 2.75) is 6.92 Å². The Bertz CT molecular complexity index is 132. The van der Waals surface area contributed by atoms with Crippen LogP contribution in [0.4, 0.5) is 0 Å². The number of hydrogen-bond acceptors (Lipinski definition) is 3. The fourth-order valence-corrected chi connectivity index (χ4v) is 0.667. The van der Waals surface area contributed by atoms with E-state index < -0.39 is 5.97 Å². The zero-order chi connectivity index (χ0) is 8.15. The number of rotatable bonds is 4. The predicted octanol–water partition coefficient (Wildman–Crippen LogP) is -1.49. The van der Waals surface area contributed by atoms with Crippen LogP contribution in [0.1, 0.15) is 6.92 Å². The first-order chi connectivity index (χ1) is 4.52. The summed E-state index contributed by atoms with van der Waals surface area (Å²) in [4.78, 5) is 21.9. The summed E-state index contributed by atoms with van der Waals surface area (Å²) in [5.41, 5.74) is 0. The van der Waals surface area contributed by atoms with Gasteiger partial charge in [-0.25, -0.2) is 0 Å². The molecule has 0 amide bonds. The average Bonchev–Trinajstić information content (AvgIpc) is 1.58. The molecule has 0 heterocycles. The Morgan fingerprint density at radius 2 is 2.00 bits per heavy atom. The number of carbonyl (C=O) groups is 2. The maximum Gasteiger partial charge on any atom is 0.316 e. The highest BCUT2D eigenvalue weighted by molar-refractivity contribution is 6.07. The molecule has 0 saturated heterocycles. The summed E-state index contributed by atoms with van der Waals surface area (Å²) in [6, 6.07) is 0. The molecule has 0 fully saturated rings. The van der Waals surface area contributed by atoms with Gasteiger partial charge in [0.05, 0.1) is 6.54 Å². The molecule has 0 aliphatic rings. The molecular weight excluding hydrogens is 133 g/mol. The van der Waals surface area contributed by atoms with E-state index in [1.807, 2.05) is 0 Å². The molecule has 0 saturated carbocycles. The van der Waals surface area contributed by atoms with Crippen LogP contribution in [0.15, 0.2) is 0 Å². The van der Waals surface area contributed by atoms with Crippen LogP contribution < -0.4 is 0 Å². The van der Waals surface area contributed by atoms with Gasteiger partial charge >= 0.3 is 5.97 Å². The third-order valence-electron chi connectivity index (χ3n) is 0.898. The van der Waals surface area contributed by atoms with Crippen molar-refractivity contribution >= 4 is 19.7 Å². The number of nitrogens with zero attached hydrogens (tertiary/aromatic N) is 1. The third-order valence-corrected chi connectivity index (χ3v) is 0.898. The monoisotopic (exact) mass is 143 g/mol. The number of carbonyl (C=O) groups excluding carboxylic acids is 1. The quantitative estimate of drug-likeness (QED) is 0.487. The molecule has 0 atom stereocenters. The molecule has 0 aromatic heterocycles. The molecule has 0 radical (unpaired) electrons. The van der Waals surface area contributed by atoms with Crippen LogP contribution >= 0.6 is 0 Å². The summed E-state index contributed by atoms with van der Waals surface area (Å²) in [6.07, 6.45) is 0. The molecule has 5 heteroatoms. The summed E-state index contributed by atoms with van der Waals surface area (Å²) in [5.74, 6) is -0.937. The maximum absolute atomic E-state index is 10.4. The normalized spacial score (nSPS) is 9.80. The van der Waals surface area contributed by atoms with Gasteiger partial charge < -0.3 is 9.92 Å². The van der Waals surface area contributed by atoms with E-state index in [0.717, 1.165) is 0 Å². The van der Waals surface area contributed by atoms with Crippen LogP contribution in [0, 0.1) is 0 Å². The molecule has 0 aromatic rings. The molecule has 0 aromatic carbocycles. The summed E-state index contributed by atoms with van der Waals surface area (Å²) in [7, 11) is 1.59. The number of carboxylic acid groups (broad SMARTS) is 1. The van der Waals surface area contributed by atoms with Gasteiger partial charge in [-0.3, -0.25) is 9.59 Å². The van der Waals surface area contributed by atoms with Gasteiger partial charge in [-0.15, -0.1) is 0 Å². The van der Waals surface area contributed by atoms with E-state index in [4.69, 9.17) is 5.11 Å². The van der Waals surface area contributed by atoms with E-state index in [-0.39, 0.29) is 18.9 Å². The molecule has 4 nitrogen and oxygen atoms in total. The summed E-state index contributed by atoms with van der Waals surface area (Å²) < 4.78 is 0. The number of carboxylic acids is 1. The van der Waals surface area contributed by atoms with Crippen molar-refractivity contribution in [3.63, 3.8) is 0 Å². The van der Waals surface area contributed by atoms with Crippen LogP contribution in [0.5, 0.6) is 0 Å². The Kier molecular flexibility index (Phi) is 3.72. The first-order valence-electron chi connectivity index (χ1n) is 2.92. The Morgan fingerprint density at radius 3 is 2.30 bits per heavy atom. The van der Waals surface area contributed by atoms with Gasteiger partial charge in [-0.05, 0) is 6.92 Å². The van der Waals surface area contributed by atoms with Crippen LogP contribution in [-0.4, -0.2) is 42.7 Å². The van der Waals surface area contributed by atoms with Gasteiger partial charge in [0.2, 0.25) is 0 Å².